The molecule has 1 aromatic carbocycles. The number of thioether (sulfide) groups is 1. The lowest BCUT2D eigenvalue weighted by Gasteiger charge is -2.36. The molecule has 132 valence electrons. The summed E-state index contributed by atoms with van der Waals surface area (Å²) in [6, 6.07) is 9.94. The molecule has 0 spiro atoms. The highest BCUT2D eigenvalue weighted by Crippen LogP contribution is 2.42. The Morgan fingerprint density at radius 3 is 2.12 bits per heavy atom. The van der Waals surface area contributed by atoms with Crippen molar-refractivity contribution in [2.75, 3.05) is 13.2 Å². The van der Waals surface area contributed by atoms with Crippen LogP contribution >= 0.6 is 23.4 Å². The minimum atomic E-state index is -0.529. The van der Waals surface area contributed by atoms with E-state index in [-0.39, 0.29) is 22.6 Å². The van der Waals surface area contributed by atoms with Crippen LogP contribution in [0.1, 0.15) is 26.7 Å². The van der Waals surface area contributed by atoms with Gasteiger partial charge >= 0.3 is 11.9 Å². The lowest BCUT2D eigenvalue weighted by molar-refractivity contribution is -0.162. The Kier molecular flexibility index (Phi) is 7.43. The van der Waals surface area contributed by atoms with Crippen LogP contribution in [0.4, 0.5) is 0 Å². The van der Waals surface area contributed by atoms with E-state index in [1.54, 1.807) is 25.6 Å². The molecule has 1 saturated carbocycles. The zero-order valence-electron chi connectivity index (χ0n) is 13.9. The van der Waals surface area contributed by atoms with E-state index in [1.165, 1.54) is 0 Å². The van der Waals surface area contributed by atoms with Crippen molar-refractivity contribution in [1.82, 2.24) is 0 Å². The van der Waals surface area contributed by atoms with Gasteiger partial charge in [-0.3, -0.25) is 9.59 Å². The molecule has 0 amide bonds. The summed E-state index contributed by atoms with van der Waals surface area (Å²) in [6.07, 6.45) is 0.935. The summed E-state index contributed by atoms with van der Waals surface area (Å²) >= 11 is 8.19. The fourth-order valence-electron chi connectivity index (χ4n) is 2.94. The second-order valence-electron chi connectivity index (χ2n) is 5.67. The topological polar surface area (TPSA) is 52.6 Å². The van der Waals surface area contributed by atoms with E-state index in [2.05, 4.69) is 0 Å². The number of carbonyl (C=O) groups excluding carboxylic acids is 2. The molecule has 4 atom stereocenters. The van der Waals surface area contributed by atoms with Crippen molar-refractivity contribution in [2.24, 2.45) is 11.8 Å². The molecule has 0 aliphatic heterocycles. The van der Waals surface area contributed by atoms with Gasteiger partial charge in [0.25, 0.3) is 0 Å². The first-order chi connectivity index (χ1) is 11.6. The first kappa shape index (κ1) is 19.1. The largest absolute Gasteiger partial charge is 0.466 e. The summed E-state index contributed by atoms with van der Waals surface area (Å²) in [4.78, 5) is 25.7. The molecule has 1 fully saturated rings. The smallest absolute Gasteiger partial charge is 0.309 e. The van der Waals surface area contributed by atoms with Gasteiger partial charge in [-0.05, 0) is 38.8 Å². The SMILES string of the molecule is CCOC(=O)[C@H]1C[C@@H](Sc2ccccc2)[C@@H](Cl)C[C@H]1C(=O)OCC. The highest BCUT2D eigenvalue weighted by atomic mass is 35.5. The minimum absolute atomic E-state index is 0.0501. The van der Waals surface area contributed by atoms with Gasteiger partial charge in [-0.2, -0.15) is 0 Å². The average Bonchev–Trinajstić information content (AvgIpc) is 2.57. The standard InChI is InChI=1S/C18H23ClO4S/c1-3-22-17(20)13-10-15(19)16(11-14(13)18(21)23-4-2)24-12-8-6-5-7-9-12/h5-9,13-16H,3-4,10-11H2,1-2H3/t13-,14+,15+,16-/m1/s1. The van der Waals surface area contributed by atoms with E-state index in [0.29, 0.717) is 26.1 Å². The Morgan fingerprint density at radius 2 is 1.58 bits per heavy atom. The molecular weight excluding hydrogens is 348 g/mol. The zero-order valence-corrected chi connectivity index (χ0v) is 15.5. The Hall–Kier alpha value is -1.20. The summed E-state index contributed by atoms with van der Waals surface area (Å²) in [5.41, 5.74) is 0. The number of halogens is 1. The van der Waals surface area contributed by atoms with Crippen LogP contribution in [0.15, 0.2) is 35.2 Å². The average molecular weight is 371 g/mol. The van der Waals surface area contributed by atoms with Crippen molar-refractivity contribution in [1.29, 1.82) is 0 Å². The van der Waals surface area contributed by atoms with E-state index in [9.17, 15) is 9.59 Å². The van der Waals surface area contributed by atoms with Crippen LogP contribution in [-0.2, 0) is 19.1 Å². The summed E-state index contributed by atoms with van der Waals surface area (Å²) in [5, 5.41) is -0.149. The Morgan fingerprint density at radius 1 is 1.04 bits per heavy atom. The lowest BCUT2D eigenvalue weighted by Crippen LogP contribution is -2.43. The van der Waals surface area contributed by atoms with Crippen LogP contribution in [0.3, 0.4) is 0 Å². The van der Waals surface area contributed by atoms with Gasteiger partial charge in [-0.25, -0.2) is 0 Å². The van der Waals surface area contributed by atoms with Gasteiger partial charge in [0.05, 0.1) is 25.0 Å². The van der Waals surface area contributed by atoms with Gasteiger partial charge in [0, 0.05) is 15.5 Å². The second-order valence-corrected chi connectivity index (χ2v) is 7.55. The van der Waals surface area contributed by atoms with E-state index >= 15 is 0 Å². The number of alkyl halides is 1. The van der Waals surface area contributed by atoms with Gasteiger partial charge in [0.2, 0.25) is 0 Å². The lowest BCUT2D eigenvalue weighted by atomic mass is 9.78. The van der Waals surface area contributed by atoms with Crippen LogP contribution in [0.5, 0.6) is 0 Å². The quantitative estimate of drug-likeness (QED) is 0.561. The normalized spacial score (nSPS) is 26.6. The van der Waals surface area contributed by atoms with Crippen molar-refractivity contribution in [3.8, 4) is 0 Å². The van der Waals surface area contributed by atoms with Crippen molar-refractivity contribution in [3.05, 3.63) is 30.3 Å². The fraction of sp³-hybridized carbons (Fsp3) is 0.556. The molecule has 2 rings (SSSR count). The van der Waals surface area contributed by atoms with E-state index in [4.69, 9.17) is 21.1 Å². The second kappa shape index (κ2) is 9.33. The molecule has 1 aliphatic carbocycles. The Balaban J connectivity index is 2.14. The van der Waals surface area contributed by atoms with E-state index < -0.39 is 11.8 Å². The number of carbonyl (C=O) groups is 2. The van der Waals surface area contributed by atoms with Gasteiger partial charge in [-0.1, -0.05) is 18.2 Å². The zero-order chi connectivity index (χ0) is 17.5. The predicted octanol–water partition coefficient (Wildman–Crippen LogP) is 3.91. The maximum atomic E-state index is 12.3. The first-order valence-electron chi connectivity index (χ1n) is 8.25. The summed E-state index contributed by atoms with van der Waals surface area (Å²) in [7, 11) is 0. The van der Waals surface area contributed by atoms with Gasteiger partial charge in [0.15, 0.2) is 0 Å². The molecule has 0 unspecified atom stereocenters. The third kappa shape index (κ3) is 4.90. The molecular formula is C18H23ClO4S. The third-order valence-electron chi connectivity index (χ3n) is 4.06. The Labute approximate surface area is 152 Å². The van der Waals surface area contributed by atoms with Gasteiger partial charge < -0.3 is 9.47 Å². The van der Waals surface area contributed by atoms with Gasteiger partial charge in [-0.15, -0.1) is 23.4 Å². The predicted molar refractivity (Wildman–Crippen MR) is 95.2 cm³/mol. The molecule has 0 bridgehead atoms. The van der Waals surface area contributed by atoms with Crippen LogP contribution in [0, 0.1) is 11.8 Å². The van der Waals surface area contributed by atoms with Crippen molar-refractivity contribution in [2.45, 2.75) is 42.2 Å². The van der Waals surface area contributed by atoms with Crippen molar-refractivity contribution in [3.63, 3.8) is 0 Å². The highest BCUT2D eigenvalue weighted by molar-refractivity contribution is 8.00. The highest BCUT2D eigenvalue weighted by Gasteiger charge is 2.45. The molecule has 0 aromatic heterocycles. The number of esters is 2. The molecule has 6 heteroatoms. The Bertz CT molecular complexity index is 551. The molecule has 24 heavy (non-hydrogen) atoms. The molecule has 0 radical (unpaired) electrons. The summed E-state index contributed by atoms with van der Waals surface area (Å²) in [6.45, 7) is 4.11. The molecule has 0 heterocycles. The number of ether oxygens (including phenoxy) is 2. The molecule has 0 N–H and O–H groups in total. The molecule has 0 saturated heterocycles. The third-order valence-corrected chi connectivity index (χ3v) is 6.06. The molecule has 1 aliphatic rings. The maximum absolute atomic E-state index is 12.3. The van der Waals surface area contributed by atoms with E-state index in [1.807, 2.05) is 30.3 Å². The number of hydrogen-bond acceptors (Lipinski definition) is 5. The number of hydrogen-bond donors (Lipinski definition) is 0. The number of rotatable bonds is 6. The fourth-order valence-corrected chi connectivity index (χ4v) is 4.61. The number of benzene rings is 1. The van der Waals surface area contributed by atoms with E-state index in [0.717, 1.165) is 4.90 Å². The molecule has 1 aromatic rings. The van der Waals surface area contributed by atoms with Crippen LogP contribution < -0.4 is 0 Å². The monoisotopic (exact) mass is 370 g/mol. The first-order valence-corrected chi connectivity index (χ1v) is 9.57. The molecule has 4 nitrogen and oxygen atoms in total. The van der Waals surface area contributed by atoms with Crippen molar-refractivity contribution >= 4 is 35.3 Å². The van der Waals surface area contributed by atoms with Crippen LogP contribution in [0.25, 0.3) is 0 Å². The maximum Gasteiger partial charge on any atom is 0.309 e. The minimum Gasteiger partial charge on any atom is -0.466 e. The van der Waals surface area contributed by atoms with Crippen LogP contribution in [-0.4, -0.2) is 35.8 Å². The van der Waals surface area contributed by atoms with Crippen LogP contribution in [0.2, 0.25) is 0 Å². The summed E-state index contributed by atoms with van der Waals surface area (Å²) in [5.74, 6) is -1.72. The summed E-state index contributed by atoms with van der Waals surface area (Å²) < 4.78 is 10.3. The van der Waals surface area contributed by atoms with Crippen molar-refractivity contribution < 1.29 is 19.1 Å². The van der Waals surface area contributed by atoms with Gasteiger partial charge in [0.1, 0.15) is 0 Å².